The SMILES string of the molecule is CCC(CC)(COCC(F)(F)F)Cc1sc(NC(C)=O)cc1C. The Morgan fingerprint density at radius 2 is 1.87 bits per heavy atom. The largest absolute Gasteiger partial charge is 0.411 e. The lowest BCUT2D eigenvalue weighted by molar-refractivity contribution is -0.181. The maximum absolute atomic E-state index is 12.3. The molecule has 0 fully saturated rings. The molecule has 1 heterocycles. The van der Waals surface area contributed by atoms with E-state index in [4.69, 9.17) is 4.74 Å². The van der Waals surface area contributed by atoms with Crippen molar-refractivity contribution in [2.24, 2.45) is 5.41 Å². The van der Waals surface area contributed by atoms with Crippen molar-refractivity contribution in [3.63, 3.8) is 0 Å². The first-order valence-corrected chi connectivity index (χ1v) is 8.44. The first-order valence-electron chi connectivity index (χ1n) is 7.62. The molecular formula is C16H24F3NO2S. The number of alkyl halides is 3. The van der Waals surface area contributed by atoms with Gasteiger partial charge in [0.25, 0.3) is 0 Å². The van der Waals surface area contributed by atoms with E-state index in [1.165, 1.54) is 18.3 Å². The minimum Gasteiger partial charge on any atom is -0.371 e. The third-order valence-electron chi connectivity index (χ3n) is 4.03. The summed E-state index contributed by atoms with van der Waals surface area (Å²) in [5, 5.41) is 3.52. The molecule has 0 atom stereocenters. The molecule has 0 bridgehead atoms. The van der Waals surface area contributed by atoms with Gasteiger partial charge in [-0.2, -0.15) is 13.2 Å². The van der Waals surface area contributed by atoms with Gasteiger partial charge in [-0.25, -0.2) is 0 Å². The first-order chi connectivity index (χ1) is 10.6. The Labute approximate surface area is 139 Å². The lowest BCUT2D eigenvalue weighted by atomic mass is 9.79. The molecule has 0 aliphatic carbocycles. The summed E-state index contributed by atoms with van der Waals surface area (Å²) in [5.41, 5.74) is 0.717. The number of hydrogen-bond acceptors (Lipinski definition) is 3. The van der Waals surface area contributed by atoms with Crippen molar-refractivity contribution in [3.8, 4) is 0 Å². The van der Waals surface area contributed by atoms with Crippen LogP contribution < -0.4 is 5.32 Å². The second-order valence-electron chi connectivity index (χ2n) is 5.89. The minimum absolute atomic E-state index is 0.0757. The Morgan fingerprint density at radius 1 is 1.26 bits per heavy atom. The molecule has 0 aromatic carbocycles. The zero-order valence-corrected chi connectivity index (χ0v) is 14.8. The molecule has 1 aromatic heterocycles. The Hall–Kier alpha value is -1.08. The third-order valence-corrected chi connectivity index (χ3v) is 5.18. The number of nitrogens with one attached hydrogen (secondary N) is 1. The molecule has 3 nitrogen and oxygen atoms in total. The molecule has 0 radical (unpaired) electrons. The maximum atomic E-state index is 12.3. The molecule has 23 heavy (non-hydrogen) atoms. The molecule has 1 aromatic rings. The molecule has 0 spiro atoms. The fraction of sp³-hybridized carbons (Fsp3) is 0.688. The minimum atomic E-state index is -4.30. The molecule has 0 saturated carbocycles. The second-order valence-corrected chi connectivity index (χ2v) is 7.03. The molecule has 1 rings (SSSR count). The smallest absolute Gasteiger partial charge is 0.371 e. The van der Waals surface area contributed by atoms with Crippen molar-refractivity contribution in [2.75, 3.05) is 18.5 Å². The van der Waals surface area contributed by atoms with Gasteiger partial charge in [-0.05, 0) is 43.2 Å². The van der Waals surface area contributed by atoms with Crippen molar-refractivity contribution in [2.45, 2.75) is 53.1 Å². The van der Waals surface area contributed by atoms with Gasteiger partial charge in [0, 0.05) is 11.8 Å². The van der Waals surface area contributed by atoms with E-state index in [1.54, 1.807) is 0 Å². The number of hydrogen-bond donors (Lipinski definition) is 1. The fourth-order valence-electron chi connectivity index (χ4n) is 2.41. The van der Waals surface area contributed by atoms with E-state index in [0.717, 1.165) is 28.3 Å². The standard InChI is InChI=1S/C16H24F3NO2S/c1-5-15(6-2,9-22-10-16(17,18)19)8-13-11(3)7-14(23-13)20-12(4)21/h7H,5-6,8-10H2,1-4H3,(H,20,21). The van der Waals surface area contributed by atoms with E-state index in [1.807, 2.05) is 26.8 Å². The summed E-state index contributed by atoms with van der Waals surface area (Å²) >= 11 is 1.47. The van der Waals surface area contributed by atoms with Gasteiger partial charge in [0.2, 0.25) is 5.91 Å². The fourth-order valence-corrected chi connectivity index (χ4v) is 3.70. The normalized spacial score (nSPS) is 12.5. The summed E-state index contributed by atoms with van der Waals surface area (Å²) in [7, 11) is 0. The molecule has 0 saturated heterocycles. The summed E-state index contributed by atoms with van der Waals surface area (Å²) in [6.07, 6.45) is -2.19. The van der Waals surface area contributed by atoms with Gasteiger partial charge >= 0.3 is 6.18 Å². The van der Waals surface area contributed by atoms with Crippen molar-refractivity contribution < 1.29 is 22.7 Å². The highest BCUT2D eigenvalue weighted by Crippen LogP contribution is 2.37. The van der Waals surface area contributed by atoms with Gasteiger partial charge in [0.15, 0.2) is 0 Å². The van der Waals surface area contributed by atoms with Crippen LogP contribution >= 0.6 is 11.3 Å². The number of thiophene rings is 1. The van der Waals surface area contributed by atoms with E-state index in [-0.39, 0.29) is 17.9 Å². The maximum Gasteiger partial charge on any atom is 0.411 e. The van der Waals surface area contributed by atoms with Gasteiger partial charge < -0.3 is 10.1 Å². The summed E-state index contributed by atoms with van der Waals surface area (Å²) in [5.74, 6) is -0.136. The van der Waals surface area contributed by atoms with E-state index >= 15 is 0 Å². The highest BCUT2D eigenvalue weighted by atomic mass is 32.1. The molecule has 132 valence electrons. The lowest BCUT2D eigenvalue weighted by Gasteiger charge is -2.31. The van der Waals surface area contributed by atoms with E-state index in [2.05, 4.69) is 5.32 Å². The summed E-state index contributed by atoms with van der Waals surface area (Å²) in [6, 6.07) is 1.90. The molecule has 0 unspecified atom stereocenters. The predicted molar refractivity (Wildman–Crippen MR) is 87.0 cm³/mol. The first kappa shape index (κ1) is 20.0. The molecule has 0 aliphatic rings. The Bertz CT molecular complexity index is 522. The Morgan fingerprint density at radius 3 is 2.35 bits per heavy atom. The van der Waals surface area contributed by atoms with Gasteiger partial charge in [-0.1, -0.05) is 13.8 Å². The van der Waals surface area contributed by atoms with Crippen molar-refractivity contribution >= 4 is 22.2 Å². The van der Waals surface area contributed by atoms with Gasteiger partial charge in [-0.15, -0.1) is 11.3 Å². The van der Waals surface area contributed by atoms with Crippen LogP contribution in [0.3, 0.4) is 0 Å². The quantitative estimate of drug-likeness (QED) is 0.720. The molecule has 0 aliphatic heterocycles. The summed E-state index contributed by atoms with van der Waals surface area (Å²) in [4.78, 5) is 12.2. The van der Waals surface area contributed by atoms with Gasteiger partial charge in [-0.3, -0.25) is 4.79 Å². The van der Waals surface area contributed by atoms with Crippen LogP contribution in [0.5, 0.6) is 0 Å². The van der Waals surface area contributed by atoms with Crippen LogP contribution in [0.4, 0.5) is 18.2 Å². The topological polar surface area (TPSA) is 38.3 Å². The van der Waals surface area contributed by atoms with Crippen LogP contribution in [0.2, 0.25) is 0 Å². The summed E-state index contributed by atoms with van der Waals surface area (Å²) in [6.45, 7) is 6.20. The van der Waals surface area contributed by atoms with Crippen molar-refractivity contribution in [1.29, 1.82) is 0 Å². The van der Waals surface area contributed by atoms with Crippen LogP contribution in [0.15, 0.2) is 6.07 Å². The lowest BCUT2D eigenvalue weighted by Crippen LogP contribution is -2.30. The Balaban J connectivity index is 2.82. The van der Waals surface area contributed by atoms with Crippen LogP contribution in [-0.2, 0) is 16.0 Å². The zero-order valence-electron chi connectivity index (χ0n) is 14.0. The molecular weight excluding hydrogens is 327 g/mol. The number of amides is 1. The Kier molecular flexibility index (Phi) is 7.07. The van der Waals surface area contributed by atoms with Crippen LogP contribution in [-0.4, -0.2) is 25.3 Å². The summed E-state index contributed by atoms with van der Waals surface area (Å²) < 4.78 is 41.8. The van der Waals surface area contributed by atoms with Crippen LogP contribution in [0.25, 0.3) is 0 Å². The van der Waals surface area contributed by atoms with E-state index in [0.29, 0.717) is 6.42 Å². The number of rotatable bonds is 8. The number of carbonyl (C=O) groups excluding carboxylic acids is 1. The van der Waals surface area contributed by atoms with Crippen LogP contribution in [0, 0.1) is 12.3 Å². The average molecular weight is 351 g/mol. The molecule has 1 amide bonds. The monoisotopic (exact) mass is 351 g/mol. The third kappa shape index (κ3) is 6.51. The number of anilines is 1. The van der Waals surface area contributed by atoms with E-state index in [9.17, 15) is 18.0 Å². The molecule has 1 N–H and O–H groups in total. The number of carbonyl (C=O) groups is 1. The van der Waals surface area contributed by atoms with Crippen LogP contribution in [0.1, 0.15) is 44.1 Å². The van der Waals surface area contributed by atoms with Crippen molar-refractivity contribution in [3.05, 3.63) is 16.5 Å². The number of aryl methyl sites for hydroxylation is 1. The average Bonchev–Trinajstić information content (AvgIpc) is 2.75. The molecule has 7 heteroatoms. The van der Waals surface area contributed by atoms with Gasteiger partial charge in [0.05, 0.1) is 11.6 Å². The number of ether oxygens (including phenoxy) is 1. The highest BCUT2D eigenvalue weighted by Gasteiger charge is 2.32. The predicted octanol–water partition coefficient (Wildman–Crippen LogP) is 4.94. The van der Waals surface area contributed by atoms with Gasteiger partial charge in [0.1, 0.15) is 6.61 Å². The van der Waals surface area contributed by atoms with Crippen molar-refractivity contribution in [1.82, 2.24) is 0 Å². The zero-order chi connectivity index (χ0) is 17.7. The highest BCUT2D eigenvalue weighted by molar-refractivity contribution is 7.16. The second kappa shape index (κ2) is 8.15. The number of halogens is 3. The van der Waals surface area contributed by atoms with E-state index < -0.39 is 12.8 Å².